The smallest absolute Gasteiger partial charge is 0.238 e. The standard InChI is InChI=1S/C26H31N7O2S/c1-30-12-14-32(15-13-30)19-8-10-31(11-9-19)20-16-28-26-24(17-29-33(26)18-20)22-6-7-25(36(27,34)35)23-5-3-2-4-21(22)23/h2-7,16-19H,8-15H2,1H3,(H2,27,34,35). The number of piperidine rings is 1. The summed E-state index contributed by atoms with van der Waals surface area (Å²) in [6.07, 6.45) is 8.09. The Labute approximate surface area is 211 Å². The maximum Gasteiger partial charge on any atom is 0.238 e. The van der Waals surface area contributed by atoms with E-state index in [0.717, 1.165) is 80.0 Å². The molecule has 0 amide bonds. The monoisotopic (exact) mass is 505 g/mol. The normalized spacial score (nSPS) is 18.9. The molecule has 0 bridgehead atoms. The maximum absolute atomic E-state index is 12.1. The summed E-state index contributed by atoms with van der Waals surface area (Å²) in [5.74, 6) is 0. The Morgan fingerprint density at radius 1 is 0.889 bits per heavy atom. The number of primary sulfonamides is 1. The maximum atomic E-state index is 12.1. The number of anilines is 1. The molecule has 0 radical (unpaired) electrons. The van der Waals surface area contributed by atoms with E-state index in [1.54, 1.807) is 24.4 Å². The topological polar surface area (TPSA) is 100 Å². The second-order valence-electron chi connectivity index (χ2n) is 9.90. The SMILES string of the molecule is CN1CCN(C2CCN(c3cnc4c(-c5ccc(S(N)(=O)=O)c6ccccc56)cnn4c3)CC2)CC1. The number of benzene rings is 2. The van der Waals surface area contributed by atoms with Crippen molar-refractivity contribution in [3.63, 3.8) is 0 Å². The van der Waals surface area contributed by atoms with E-state index in [1.807, 2.05) is 35.1 Å². The first kappa shape index (κ1) is 23.4. The lowest BCUT2D eigenvalue weighted by molar-refractivity contribution is 0.0982. The zero-order valence-corrected chi connectivity index (χ0v) is 21.2. The van der Waals surface area contributed by atoms with Gasteiger partial charge in [-0.3, -0.25) is 4.90 Å². The number of sulfonamides is 1. The van der Waals surface area contributed by atoms with Gasteiger partial charge in [-0.15, -0.1) is 0 Å². The minimum Gasteiger partial charge on any atom is -0.369 e. The van der Waals surface area contributed by atoms with Crippen molar-refractivity contribution < 1.29 is 8.42 Å². The van der Waals surface area contributed by atoms with Crippen LogP contribution < -0.4 is 10.0 Å². The largest absolute Gasteiger partial charge is 0.369 e. The molecule has 0 atom stereocenters. The molecule has 10 heteroatoms. The summed E-state index contributed by atoms with van der Waals surface area (Å²) in [4.78, 5) is 12.4. The van der Waals surface area contributed by atoms with Crippen molar-refractivity contribution in [3.05, 3.63) is 55.0 Å². The van der Waals surface area contributed by atoms with E-state index in [4.69, 9.17) is 10.1 Å². The summed E-state index contributed by atoms with van der Waals surface area (Å²) in [5, 5.41) is 11.5. The van der Waals surface area contributed by atoms with Crippen molar-refractivity contribution >= 4 is 32.1 Å². The average molecular weight is 506 g/mol. The van der Waals surface area contributed by atoms with Crippen LogP contribution in [0.5, 0.6) is 0 Å². The molecule has 2 aliphatic heterocycles. The van der Waals surface area contributed by atoms with Gasteiger partial charge in [0.05, 0.1) is 29.2 Å². The number of hydrogen-bond donors (Lipinski definition) is 1. The number of rotatable bonds is 4. The van der Waals surface area contributed by atoms with Gasteiger partial charge in [-0.05, 0) is 36.9 Å². The van der Waals surface area contributed by atoms with Crippen LogP contribution in [0.3, 0.4) is 0 Å². The van der Waals surface area contributed by atoms with Crippen LogP contribution in [0.1, 0.15) is 12.8 Å². The van der Waals surface area contributed by atoms with Crippen LogP contribution in [0, 0.1) is 0 Å². The fraction of sp³-hybridized carbons (Fsp3) is 0.385. The van der Waals surface area contributed by atoms with Crippen LogP contribution in [-0.2, 0) is 10.0 Å². The molecule has 9 nitrogen and oxygen atoms in total. The van der Waals surface area contributed by atoms with Gasteiger partial charge in [-0.2, -0.15) is 5.10 Å². The number of fused-ring (bicyclic) bond motifs is 2. The predicted octanol–water partition coefficient (Wildman–Crippen LogP) is 2.41. The number of hydrogen-bond acceptors (Lipinski definition) is 7. The van der Waals surface area contributed by atoms with E-state index in [0.29, 0.717) is 11.4 Å². The summed E-state index contributed by atoms with van der Waals surface area (Å²) >= 11 is 0. The summed E-state index contributed by atoms with van der Waals surface area (Å²) < 4.78 is 26.0. The van der Waals surface area contributed by atoms with Crippen molar-refractivity contribution in [3.8, 4) is 11.1 Å². The highest BCUT2D eigenvalue weighted by Gasteiger charge is 2.27. The van der Waals surface area contributed by atoms with Crippen molar-refractivity contribution in [2.45, 2.75) is 23.8 Å². The van der Waals surface area contributed by atoms with Crippen molar-refractivity contribution in [2.75, 3.05) is 51.2 Å². The highest BCUT2D eigenvalue weighted by Crippen LogP contribution is 2.34. The number of nitrogens with two attached hydrogens (primary N) is 1. The number of likely N-dealkylation sites (N-methyl/N-ethyl adjacent to an activating group) is 1. The number of piperazine rings is 1. The quantitative estimate of drug-likeness (QED) is 0.455. The Kier molecular flexibility index (Phi) is 5.91. The Bertz CT molecular complexity index is 1520. The molecule has 0 spiro atoms. The average Bonchev–Trinajstić information content (AvgIpc) is 3.31. The second-order valence-corrected chi connectivity index (χ2v) is 11.4. The van der Waals surface area contributed by atoms with Gasteiger partial charge in [0, 0.05) is 56.3 Å². The summed E-state index contributed by atoms with van der Waals surface area (Å²) in [6.45, 7) is 6.66. The third-order valence-electron chi connectivity index (χ3n) is 7.71. The van der Waals surface area contributed by atoms with Gasteiger partial charge in [0.25, 0.3) is 0 Å². The van der Waals surface area contributed by atoms with Gasteiger partial charge in [-0.1, -0.05) is 30.3 Å². The Morgan fingerprint density at radius 2 is 1.61 bits per heavy atom. The first-order valence-electron chi connectivity index (χ1n) is 12.4. The fourth-order valence-corrected chi connectivity index (χ4v) is 6.39. The Hall–Kier alpha value is -3.05. The highest BCUT2D eigenvalue weighted by molar-refractivity contribution is 7.89. The zero-order valence-electron chi connectivity index (χ0n) is 20.4. The molecular formula is C26H31N7O2S. The van der Waals surface area contributed by atoms with E-state index in [2.05, 4.69) is 26.8 Å². The van der Waals surface area contributed by atoms with Gasteiger partial charge < -0.3 is 9.80 Å². The van der Waals surface area contributed by atoms with E-state index < -0.39 is 10.0 Å². The van der Waals surface area contributed by atoms with E-state index in [1.165, 1.54) is 0 Å². The van der Waals surface area contributed by atoms with Crippen molar-refractivity contribution in [1.82, 2.24) is 24.4 Å². The molecule has 188 valence electrons. The molecule has 4 heterocycles. The summed E-state index contributed by atoms with van der Waals surface area (Å²) in [6, 6.07) is 11.4. The van der Waals surface area contributed by atoms with Crippen LogP contribution in [0.25, 0.3) is 27.5 Å². The van der Waals surface area contributed by atoms with Crippen LogP contribution in [-0.4, -0.2) is 85.2 Å². The Balaban J connectivity index is 1.26. The minimum atomic E-state index is -3.84. The molecule has 2 saturated heterocycles. The molecule has 4 aromatic rings. The van der Waals surface area contributed by atoms with E-state index in [9.17, 15) is 8.42 Å². The Morgan fingerprint density at radius 3 is 2.33 bits per heavy atom. The minimum absolute atomic E-state index is 0.119. The third kappa shape index (κ3) is 4.24. The second kappa shape index (κ2) is 9.11. The molecule has 2 N–H and O–H groups in total. The molecular weight excluding hydrogens is 474 g/mol. The van der Waals surface area contributed by atoms with Gasteiger partial charge in [0.15, 0.2) is 5.65 Å². The van der Waals surface area contributed by atoms with Gasteiger partial charge >= 0.3 is 0 Å². The summed E-state index contributed by atoms with van der Waals surface area (Å²) in [7, 11) is -1.64. The van der Waals surface area contributed by atoms with E-state index >= 15 is 0 Å². The third-order valence-corrected chi connectivity index (χ3v) is 8.68. The molecule has 0 unspecified atom stereocenters. The predicted molar refractivity (Wildman–Crippen MR) is 142 cm³/mol. The van der Waals surface area contributed by atoms with Crippen LogP contribution in [0.15, 0.2) is 59.9 Å². The zero-order chi connectivity index (χ0) is 24.9. The molecule has 6 rings (SSSR count). The molecule has 2 aromatic carbocycles. The summed E-state index contributed by atoms with van der Waals surface area (Å²) in [5.41, 5.74) is 3.54. The molecule has 2 aromatic heterocycles. The van der Waals surface area contributed by atoms with Gasteiger partial charge in [0.1, 0.15) is 0 Å². The highest BCUT2D eigenvalue weighted by atomic mass is 32.2. The van der Waals surface area contributed by atoms with Crippen LogP contribution in [0.2, 0.25) is 0 Å². The van der Waals surface area contributed by atoms with Gasteiger partial charge in [0.2, 0.25) is 10.0 Å². The lowest BCUT2D eigenvalue weighted by Crippen LogP contribution is -2.52. The first-order chi connectivity index (χ1) is 17.4. The lowest BCUT2D eigenvalue weighted by Gasteiger charge is -2.42. The van der Waals surface area contributed by atoms with Crippen molar-refractivity contribution in [1.29, 1.82) is 0 Å². The molecule has 36 heavy (non-hydrogen) atoms. The first-order valence-corrected chi connectivity index (χ1v) is 14.0. The number of nitrogens with zero attached hydrogens (tertiary/aromatic N) is 6. The lowest BCUT2D eigenvalue weighted by atomic mass is 10.00. The van der Waals surface area contributed by atoms with Crippen LogP contribution >= 0.6 is 0 Å². The molecule has 2 aliphatic rings. The van der Waals surface area contributed by atoms with Crippen molar-refractivity contribution in [2.24, 2.45) is 5.14 Å². The van der Waals surface area contributed by atoms with Crippen LogP contribution in [0.4, 0.5) is 5.69 Å². The fourth-order valence-electron chi connectivity index (χ4n) is 5.65. The van der Waals surface area contributed by atoms with Gasteiger partial charge in [-0.25, -0.2) is 23.1 Å². The molecule has 0 aliphatic carbocycles. The van der Waals surface area contributed by atoms with E-state index in [-0.39, 0.29) is 4.90 Å². The molecule has 0 saturated carbocycles. The molecule has 2 fully saturated rings. The number of aromatic nitrogens is 3.